The number of hydrogen-bond donors (Lipinski definition) is 0. The Labute approximate surface area is 490 Å². The zero-order valence-electron chi connectivity index (χ0n) is 48.0. The Bertz CT molecular complexity index is 5240. The topological polar surface area (TPSA) is 18.1 Å². The second-order valence-electron chi connectivity index (χ2n) is 26.0. The SMILES string of the molecule is CC1(C)c2ccccc2-c2cc(-c3ccc4c(c3)-c3ccccc3C4c3ccc4c(c3)-c3cc(-n5c6ccccc6c6cc(-c7ccc8c(c7)-c7cc(-c9ccc%10oc%11ccccc%11c%10c9)ccc7C8(C)C)ccc65)ccc3C4(C)C)ccc21. The minimum absolute atomic E-state index is 0.0158. The third-order valence-corrected chi connectivity index (χ3v) is 20.5. The molecule has 84 heavy (non-hydrogen) atoms. The highest BCUT2D eigenvalue weighted by atomic mass is 16.3. The van der Waals surface area contributed by atoms with E-state index in [2.05, 4.69) is 283 Å². The van der Waals surface area contributed by atoms with Gasteiger partial charge in [-0.2, -0.15) is 0 Å². The second kappa shape index (κ2) is 16.7. The van der Waals surface area contributed by atoms with Gasteiger partial charge in [-0.3, -0.25) is 0 Å². The molecule has 2 heteroatoms. The average Bonchev–Trinajstić information content (AvgIpc) is 2.20. The molecule has 2 nitrogen and oxygen atoms in total. The van der Waals surface area contributed by atoms with Crippen molar-refractivity contribution in [2.45, 2.75) is 63.7 Å². The highest BCUT2D eigenvalue weighted by molar-refractivity contribution is 6.11. The molecule has 12 aromatic carbocycles. The van der Waals surface area contributed by atoms with Crippen molar-refractivity contribution in [3.8, 4) is 83.6 Å². The molecule has 0 bridgehead atoms. The van der Waals surface area contributed by atoms with E-state index in [9.17, 15) is 0 Å². The molecule has 2 heterocycles. The van der Waals surface area contributed by atoms with E-state index in [4.69, 9.17) is 4.42 Å². The molecule has 0 fully saturated rings. The first-order valence-electron chi connectivity index (χ1n) is 29.9. The van der Waals surface area contributed by atoms with E-state index in [1.165, 1.54) is 155 Å². The maximum Gasteiger partial charge on any atom is 0.135 e. The normalized spacial score (nSPS) is 15.9. The summed E-state index contributed by atoms with van der Waals surface area (Å²) in [5.74, 6) is 0.125. The molecule has 14 aromatic rings. The molecule has 4 aliphatic carbocycles. The van der Waals surface area contributed by atoms with Crippen molar-refractivity contribution in [3.63, 3.8) is 0 Å². The van der Waals surface area contributed by atoms with Crippen molar-refractivity contribution in [2.24, 2.45) is 0 Å². The predicted octanol–water partition coefficient (Wildman–Crippen LogP) is 21.8. The van der Waals surface area contributed by atoms with Gasteiger partial charge in [0.1, 0.15) is 11.2 Å². The number of furan rings is 1. The fourth-order valence-corrected chi connectivity index (χ4v) is 16.2. The van der Waals surface area contributed by atoms with Gasteiger partial charge in [-0.15, -0.1) is 0 Å². The Morgan fingerprint density at radius 1 is 0.286 bits per heavy atom. The van der Waals surface area contributed by atoms with Crippen LogP contribution in [0.1, 0.15) is 97.5 Å². The van der Waals surface area contributed by atoms with Crippen LogP contribution in [0.5, 0.6) is 0 Å². The molecular weight excluding hydrogens is 1010 g/mol. The van der Waals surface area contributed by atoms with Gasteiger partial charge in [0, 0.05) is 49.4 Å². The van der Waals surface area contributed by atoms with E-state index in [1.54, 1.807) is 0 Å². The molecule has 1 atom stereocenters. The van der Waals surface area contributed by atoms with Gasteiger partial charge < -0.3 is 8.98 Å². The van der Waals surface area contributed by atoms with E-state index in [1.807, 2.05) is 6.07 Å². The van der Waals surface area contributed by atoms with Gasteiger partial charge in [0.25, 0.3) is 0 Å². The number of benzene rings is 12. The molecule has 1 unspecified atom stereocenters. The van der Waals surface area contributed by atoms with Crippen LogP contribution in [0.2, 0.25) is 0 Å². The van der Waals surface area contributed by atoms with Crippen molar-refractivity contribution >= 4 is 43.7 Å². The highest BCUT2D eigenvalue weighted by Gasteiger charge is 2.40. The largest absolute Gasteiger partial charge is 0.456 e. The summed E-state index contributed by atoms with van der Waals surface area (Å²) in [6.45, 7) is 14.3. The van der Waals surface area contributed by atoms with Gasteiger partial charge >= 0.3 is 0 Å². The number of fused-ring (bicyclic) bond motifs is 18. The van der Waals surface area contributed by atoms with Crippen LogP contribution in [0.15, 0.2) is 247 Å². The lowest BCUT2D eigenvalue weighted by Crippen LogP contribution is -2.15. The van der Waals surface area contributed by atoms with Gasteiger partial charge in [-0.05, 0) is 207 Å². The first-order valence-corrected chi connectivity index (χ1v) is 29.9. The zero-order valence-corrected chi connectivity index (χ0v) is 48.0. The van der Waals surface area contributed by atoms with Crippen molar-refractivity contribution in [1.29, 1.82) is 0 Å². The Hall–Kier alpha value is -9.76. The van der Waals surface area contributed by atoms with Crippen LogP contribution >= 0.6 is 0 Å². The van der Waals surface area contributed by atoms with Crippen molar-refractivity contribution in [2.75, 3.05) is 0 Å². The molecule has 398 valence electrons. The minimum atomic E-state index is -0.152. The van der Waals surface area contributed by atoms with Crippen molar-refractivity contribution < 1.29 is 4.42 Å². The van der Waals surface area contributed by atoms with Gasteiger partial charge in [0.15, 0.2) is 0 Å². The van der Waals surface area contributed by atoms with E-state index in [0.717, 1.165) is 21.9 Å². The van der Waals surface area contributed by atoms with E-state index in [0.29, 0.717) is 0 Å². The number of aromatic nitrogens is 1. The third kappa shape index (κ3) is 6.46. The Morgan fingerprint density at radius 2 is 0.726 bits per heavy atom. The molecule has 2 aromatic heterocycles. The van der Waals surface area contributed by atoms with Gasteiger partial charge in [-0.1, -0.05) is 205 Å². The molecule has 4 aliphatic rings. The number of nitrogens with zero attached hydrogens (tertiary/aromatic N) is 1. The van der Waals surface area contributed by atoms with Crippen LogP contribution in [0.3, 0.4) is 0 Å². The monoisotopic (exact) mass is 1070 g/mol. The summed E-state index contributed by atoms with van der Waals surface area (Å²) in [5.41, 5.74) is 35.6. The predicted molar refractivity (Wildman–Crippen MR) is 350 cm³/mol. The van der Waals surface area contributed by atoms with Gasteiger partial charge in [-0.25, -0.2) is 0 Å². The van der Waals surface area contributed by atoms with Crippen LogP contribution < -0.4 is 0 Å². The standard InChI is InChI=1S/C82H59NO/c1-80(2)69-20-12-9-16-56(69)62-40-48(24-32-70(62)80)47-23-31-60-61(39-47)55-15-7-8-19-59(55)79(60)53-27-35-73-65(45-53)66-46-54(30-36-74(66)82(73,5)6)83-75-21-13-10-17-57(75)67-43-51(28-37-76(67)83)49-25-33-71-63(41-49)64-42-50(26-34-72(64)81(71,3)4)52-29-38-78-68(44-52)58-18-11-14-22-77(58)84-78/h7-46,79H,1-6H3. The maximum atomic E-state index is 6.21. The molecule has 0 aliphatic heterocycles. The fraction of sp³-hybridized carbons (Fsp3) is 0.122. The fourth-order valence-electron chi connectivity index (χ4n) is 16.2. The molecule has 0 radical (unpaired) electrons. The quantitative estimate of drug-likeness (QED) is 0.168. The second-order valence-corrected chi connectivity index (χ2v) is 26.0. The molecule has 18 rings (SSSR count). The minimum Gasteiger partial charge on any atom is -0.456 e. The first-order chi connectivity index (χ1) is 40.9. The van der Waals surface area contributed by atoms with Gasteiger partial charge in [0.05, 0.1) is 11.0 Å². The van der Waals surface area contributed by atoms with E-state index in [-0.39, 0.29) is 22.2 Å². The first kappa shape index (κ1) is 47.8. The Kier molecular flexibility index (Phi) is 9.52. The van der Waals surface area contributed by atoms with Gasteiger partial charge in [0.2, 0.25) is 0 Å². The highest BCUT2D eigenvalue weighted by Crippen LogP contribution is 2.56. The number of hydrogen-bond acceptors (Lipinski definition) is 1. The van der Waals surface area contributed by atoms with Crippen LogP contribution in [0.4, 0.5) is 0 Å². The molecule has 0 spiro atoms. The third-order valence-electron chi connectivity index (χ3n) is 20.5. The van der Waals surface area contributed by atoms with Crippen LogP contribution in [-0.2, 0) is 16.2 Å². The van der Waals surface area contributed by atoms with E-state index < -0.39 is 0 Å². The molecule has 0 N–H and O–H groups in total. The van der Waals surface area contributed by atoms with Crippen LogP contribution in [-0.4, -0.2) is 4.57 Å². The lowest BCUT2D eigenvalue weighted by atomic mass is 9.81. The average molecular weight is 1070 g/mol. The summed E-state index contributed by atoms with van der Waals surface area (Å²) in [6.07, 6.45) is 0. The zero-order chi connectivity index (χ0) is 56.1. The lowest BCUT2D eigenvalue weighted by molar-refractivity contribution is 0.660. The number of rotatable bonds is 5. The summed E-state index contributed by atoms with van der Waals surface area (Å²) in [7, 11) is 0. The molecule has 0 saturated heterocycles. The molecule has 0 amide bonds. The molecule has 0 saturated carbocycles. The Morgan fingerprint density at radius 3 is 1.43 bits per heavy atom. The summed E-state index contributed by atoms with van der Waals surface area (Å²) < 4.78 is 8.71. The smallest absolute Gasteiger partial charge is 0.135 e. The van der Waals surface area contributed by atoms with Crippen LogP contribution in [0.25, 0.3) is 127 Å². The summed E-state index contributed by atoms with van der Waals surface area (Å²) in [4.78, 5) is 0. The van der Waals surface area contributed by atoms with Crippen LogP contribution in [0, 0.1) is 0 Å². The van der Waals surface area contributed by atoms with Crippen molar-refractivity contribution in [3.05, 3.63) is 293 Å². The number of para-hydroxylation sites is 2. The summed E-state index contributed by atoms with van der Waals surface area (Å²) in [5, 5.41) is 4.81. The summed E-state index contributed by atoms with van der Waals surface area (Å²) in [6, 6.07) is 92.4. The summed E-state index contributed by atoms with van der Waals surface area (Å²) >= 11 is 0. The Balaban J connectivity index is 0.709. The lowest BCUT2D eigenvalue weighted by Gasteiger charge is -2.22. The maximum absolute atomic E-state index is 6.21. The van der Waals surface area contributed by atoms with E-state index >= 15 is 0 Å². The molecular formula is C82H59NO. The van der Waals surface area contributed by atoms with Crippen molar-refractivity contribution in [1.82, 2.24) is 4.57 Å².